The third kappa shape index (κ3) is 2.05. The summed E-state index contributed by atoms with van der Waals surface area (Å²) in [7, 11) is 1.87. The number of nitrogens with zero attached hydrogens (tertiary/aromatic N) is 2. The van der Waals surface area contributed by atoms with Crippen LogP contribution in [-0.4, -0.2) is 46.5 Å². The molecule has 2 fully saturated rings. The highest BCUT2D eigenvalue weighted by atomic mass is 16.2. The van der Waals surface area contributed by atoms with Gasteiger partial charge in [0.05, 0.1) is 5.56 Å². The molecule has 2 aromatic rings. The number of pyridine rings is 1. The fourth-order valence-electron chi connectivity index (χ4n) is 3.93. The van der Waals surface area contributed by atoms with Gasteiger partial charge in [0.25, 0.3) is 11.5 Å². The van der Waals surface area contributed by atoms with E-state index in [0.717, 1.165) is 13.1 Å². The van der Waals surface area contributed by atoms with Crippen LogP contribution in [0.1, 0.15) is 10.4 Å². The summed E-state index contributed by atoms with van der Waals surface area (Å²) in [6, 6.07) is 2.11. The maximum Gasteiger partial charge on any atom is 0.275 e. The van der Waals surface area contributed by atoms with Gasteiger partial charge in [0.15, 0.2) is 0 Å². The van der Waals surface area contributed by atoms with Crippen LogP contribution >= 0.6 is 0 Å². The first-order chi connectivity index (χ1) is 11.1. The minimum Gasteiger partial charge on any atom is -0.357 e. The zero-order chi connectivity index (χ0) is 16.1. The van der Waals surface area contributed by atoms with Gasteiger partial charge in [-0.1, -0.05) is 6.08 Å². The summed E-state index contributed by atoms with van der Waals surface area (Å²) in [6.45, 7) is 6.04. The molecule has 0 bridgehead atoms. The third-order valence-corrected chi connectivity index (χ3v) is 5.17. The maximum absolute atomic E-state index is 13.0. The molecule has 3 heterocycles. The number of amides is 1. The van der Waals surface area contributed by atoms with E-state index in [1.165, 1.54) is 4.57 Å². The topological polar surface area (TPSA) is 70.1 Å². The summed E-state index contributed by atoms with van der Waals surface area (Å²) in [5, 5.41) is 4.04. The highest BCUT2D eigenvalue weighted by Crippen LogP contribution is 2.45. The van der Waals surface area contributed by atoms with Crippen LogP contribution in [0.3, 0.4) is 0 Å². The summed E-state index contributed by atoms with van der Waals surface area (Å²) in [5.74, 6) is 1.13. The fourth-order valence-corrected chi connectivity index (χ4v) is 3.93. The zero-order valence-corrected chi connectivity index (χ0v) is 13.1. The number of nitrogens with one attached hydrogen (secondary N) is 2. The van der Waals surface area contributed by atoms with E-state index < -0.39 is 0 Å². The van der Waals surface area contributed by atoms with E-state index in [2.05, 4.69) is 16.9 Å². The van der Waals surface area contributed by atoms with Crippen LogP contribution < -0.4 is 10.9 Å². The lowest BCUT2D eigenvalue weighted by atomic mass is 10.1. The van der Waals surface area contributed by atoms with Gasteiger partial charge in [-0.25, -0.2) is 0 Å². The molecule has 23 heavy (non-hydrogen) atoms. The number of aromatic nitrogens is 2. The van der Waals surface area contributed by atoms with Crippen molar-refractivity contribution in [2.24, 2.45) is 11.8 Å². The molecule has 1 aliphatic heterocycles. The molecule has 2 aromatic heterocycles. The van der Waals surface area contributed by atoms with E-state index in [4.69, 9.17) is 0 Å². The smallest absolute Gasteiger partial charge is 0.275 e. The van der Waals surface area contributed by atoms with Gasteiger partial charge in [0.1, 0.15) is 5.52 Å². The number of allylic oxidation sites excluding steroid dienone is 1. The Morgan fingerprint density at radius 2 is 2.22 bits per heavy atom. The van der Waals surface area contributed by atoms with Gasteiger partial charge in [0, 0.05) is 50.5 Å². The Morgan fingerprint density at radius 1 is 1.48 bits per heavy atom. The van der Waals surface area contributed by atoms with Crippen LogP contribution in [0.15, 0.2) is 35.9 Å². The van der Waals surface area contributed by atoms with Gasteiger partial charge >= 0.3 is 0 Å². The van der Waals surface area contributed by atoms with Gasteiger partial charge < -0.3 is 19.8 Å². The van der Waals surface area contributed by atoms with Crippen molar-refractivity contribution in [1.29, 1.82) is 0 Å². The normalized spacial score (nSPS) is 25.3. The molecular formula is C17H20N4O2. The molecule has 1 saturated heterocycles. The molecule has 0 spiro atoms. The van der Waals surface area contributed by atoms with Crippen LogP contribution in [-0.2, 0) is 6.54 Å². The zero-order valence-electron chi connectivity index (χ0n) is 13.1. The number of H-pyrrole nitrogens is 1. The van der Waals surface area contributed by atoms with Gasteiger partial charge in [-0.15, -0.1) is 6.58 Å². The molecule has 2 aliphatic rings. The number of carbonyl (C=O) groups excluding carboxylic acids is 1. The number of hydrogen-bond acceptors (Lipinski definition) is 3. The van der Waals surface area contributed by atoms with Crippen molar-refractivity contribution in [3.8, 4) is 0 Å². The summed E-state index contributed by atoms with van der Waals surface area (Å²) in [4.78, 5) is 30.2. The number of piperidine rings is 1. The summed E-state index contributed by atoms with van der Waals surface area (Å²) >= 11 is 0. The van der Waals surface area contributed by atoms with Crippen molar-refractivity contribution >= 4 is 16.8 Å². The minimum absolute atomic E-state index is 0.0215. The molecule has 0 radical (unpaired) electrons. The van der Waals surface area contributed by atoms with Gasteiger partial charge in [-0.2, -0.15) is 0 Å². The van der Waals surface area contributed by atoms with Crippen molar-refractivity contribution in [3.05, 3.63) is 47.0 Å². The first kappa shape index (κ1) is 14.3. The molecule has 1 saturated carbocycles. The molecule has 120 valence electrons. The quantitative estimate of drug-likeness (QED) is 0.821. The Hall–Kier alpha value is -2.34. The average Bonchev–Trinajstić information content (AvgIpc) is 2.96. The fraction of sp³-hybridized carbons (Fsp3) is 0.412. The first-order valence-electron chi connectivity index (χ1n) is 7.92. The Bertz CT molecular complexity index is 840. The second-order valence-corrected chi connectivity index (χ2v) is 6.45. The molecular weight excluding hydrogens is 292 g/mol. The minimum atomic E-state index is -0.128. The standard InChI is InChI=1S/C17H20N4O2/c1-3-6-21-9-13(10-4-5-19-14(10)17(21)23)16(22)20(2)15-11-7-18-8-12(11)15/h3-5,9,11-12,15,18-19H,1,6-8H2,2H3/t11-,12+,15+. The van der Waals surface area contributed by atoms with E-state index in [0.29, 0.717) is 40.9 Å². The third-order valence-electron chi connectivity index (χ3n) is 5.17. The Balaban J connectivity index is 1.74. The van der Waals surface area contributed by atoms with E-state index >= 15 is 0 Å². The molecule has 3 atom stereocenters. The van der Waals surface area contributed by atoms with E-state index in [1.54, 1.807) is 24.5 Å². The predicted octanol–water partition coefficient (Wildman–Crippen LogP) is 0.805. The van der Waals surface area contributed by atoms with Gasteiger partial charge in [0.2, 0.25) is 0 Å². The van der Waals surface area contributed by atoms with E-state index in [9.17, 15) is 9.59 Å². The molecule has 1 amide bonds. The molecule has 4 rings (SSSR count). The number of rotatable bonds is 4. The summed E-state index contributed by atoms with van der Waals surface area (Å²) in [6.07, 6.45) is 5.03. The average molecular weight is 312 g/mol. The Labute approximate surface area is 133 Å². The SMILES string of the molecule is C=CCn1cc(C(=O)N(C)[C@H]2[C@@H]3CNC[C@@H]32)c2cc[nH]c2c1=O. The largest absolute Gasteiger partial charge is 0.357 e. The molecule has 6 nitrogen and oxygen atoms in total. The van der Waals surface area contributed by atoms with Crippen molar-refractivity contribution < 1.29 is 4.79 Å². The highest BCUT2D eigenvalue weighted by Gasteiger charge is 2.56. The van der Waals surface area contributed by atoms with Crippen LogP contribution in [0.5, 0.6) is 0 Å². The van der Waals surface area contributed by atoms with Gasteiger partial charge in [-0.05, 0) is 17.9 Å². The number of fused-ring (bicyclic) bond motifs is 2. The van der Waals surface area contributed by atoms with E-state index in [-0.39, 0.29) is 11.5 Å². The van der Waals surface area contributed by atoms with Crippen LogP contribution in [0.25, 0.3) is 10.9 Å². The van der Waals surface area contributed by atoms with Crippen molar-refractivity contribution in [3.63, 3.8) is 0 Å². The predicted molar refractivity (Wildman–Crippen MR) is 88.5 cm³/mol. The number of aromatic amines is 1. The van der Waals surface area contributed by atoms with Crippen LogP contribution in [0, 0.1) is 11.8 Å². The monoisotopic (exact) mass is 312 g/mol. The van der Waals surface area contributed by atoms with Gasteiger partial charge in [-0.3, -0.25) is 9.59 Å². The lowest BCUT2D eigenvalue weighted by molar-refractivity contribution is 0.0770. The summed E-state index contributed by atoms with van der Waals surface area (Å²) in [5.41, 5.74) is 0.920. The molecule has 1 aliphatic carbocycles. The van der Waals surface area contributed by atoms with E-state index in [1.807, 2.05) is 11.9 Å². The Morgan fingerprint density at radius 3 is 2.91 bits per heavy atom. The van der Waals surface area contributed by atoms with Crippen molar-refractivity contribution in [2.75, 3.05) is 20.1 Å². The van der Waals surface area contributed by atoms with Crippen molar-refractivity contribution in [2.45, 2.75) is 12.6 Å². The molecule has 0 aromatic carbocycles. The Kier molecular flexibility index (Phi) is 3.16. The maximum atomic E-state index is 13.0. The van der Waals surface area contributed by atoms with Crippen molar-refractivity contribution in [1.82, 2.24) is 19.8 Å². The van der Waals surface area contributed by atoms with Crippen LogP contribution in [0.4, 0.5) is 0 Å². The molecule has 0 unspecified atom stereocenters. The lowest BCUT2D eigenvalue weighted by Gasteiger charge is -2.20. The number of carbonyl (C=O) groups is 1. The second kappa shape index (κ2) is 5.09. The van der Waals surface area contributed by atoms with Crippen LogP contribution in [0.2, 0.25) is 0 Å². The molecule has 2 N–H and O–H groups in total. The molecule has 6 heteroatoms. The first-order valence-corrected chi connectivity index (χ1v) is 7.92. The lowest BCUT2D eigenvalue weighted by Crippen LogP contribution is -2.35. The highest BCUT2D eigenvalue weighted by molar-refractivity contribution is 6.06. The second-order valence-electron chi connectivity index (χ2n) is 6.45. The summed E-state index contributed by atoms with van der Waals surface area (Å²) < 4.78 is 1.53. The number of hydrogen-bond donors (Lipinski definition) is 2.